The SMILES string of the molecule is Cn1c(C(F)(F)F)nc([N+](=O)[O-])c1CC(N)=CCC=O. The molecule has 1 aromatic heterocycles. The molecule has 0 fully saturated rings. The zero-order chi connectivity index (χ0) is 15.5. The fourth-order valence-electron chi connectivity index (χ4n) is 1.58. The van der Waals surface area contributed by atoms with Crippen molar-refractivity contribution in [1.29, 1.82) is 0 Å². The molecule has 0 saturated carbocycles. The average Bonchev–Trinajstić information content (AvgIpc) is 2.64. The van der Waals surface area contributed by atoms with Gasteiger partial charge in [0.1, 0.15) is 12.0 Å². The maximum atomic E-state index is 12.6. The largest absolute Gasteiger partial charge is 0.475 e. The molecular weight excluding hydrogens is 281 g/mol. The van der Waals surface area contributed by atoms with Gasteiger partial charge in [0.15, 0.2) is 0 Å². The van der Waals surface area contributed by atoms with Crippen LogP contribution in [0.25, 0.3) is 0 Å². The van der Waals surface area contributed by atoms with Gasteiger partial charge in [0.25, 0.3) is 0 Å². The number of nitro groups is 1. The molecule has 20 heavy (non-hydrogen) atoms. The van der Waals surface area contributed by atoms with Crippen LogP contribution < -0.4 is 5.73 Å². The number of hydrogen-bond acceptors (Lipinski definition) is 5. The van der Waals surface area contributed by atoms with Crippen LogP contribution in [0, 0.1) is 10.1 Å². The highest BCUT2D eigenvalue weighted by atomic mass is 19.4. The Morgan fingerprint density at radius 1 is 1.55 bits per heavy atom. The van der Waals surface area contributed by atoms with Gasteiger partial charge in [0.05, 0.1) is 0 Å². The van der Waals surface area contributed by atoms with Crippen molar-refractivity contribution >= 4 is 12.1 Å². The number of carbonyl (C=O) groups is 1. The van der Waals surface area contributed by atoms with Gasteiger partial charge in [0, 0.05) is 25.6 Å². The number of rotatable bonds is 5. The van der Waals surface area contributed by atoms with Crippen LogP contribution in [0.3, 0.4) is 0 Å². The minimum Gasteiger partial charge on any atom is -0.402 e. The van der Waals surface area contributed by atoms with Crippen LogP contribution in [0.1, 0.15) is 17.9 Å². The second-order valence-corrected chi connectivity index (χ2v) is 3.88. The lowest BCUT2D eigenvalue weighted by atomic mass is 10.2. The summed E-state index contributed by atoms with van der Waals surface area (Å²) in [4.78, 5) is 22.9. The van der Waals surface area contributed by atoms with E-state index < -0.39 is 22.7 Å². The van der Waals surface area contributed by atoms with E-state index in [-0.39, 0.29) is 24.2 Å². The molecule has 1 heterocycles. The summed E-state index contributed by atoms with van der Waals surface area (Å²) in [6.45, 7) is 0. The summed E-state index contributed by atoms with van der Waals surface area (Å²) >= 11 is 0. The minimum absolute atomic E-state index is 0.0242. The zero-order valence-electron chi connectivity index (χ0n) is 10.3. The van der Waals surface area contributed by atoms with E-state index in [1.54, 1.807) is 0 Å². The number of hydrogen-bond donors (Lipinski definition) is 1. The second-order valence-electron chi connectivity index (χ2n) is 3.88. The van der Waals surface area contributed by atoms with Gasteiger partial charge < -0.3 is 25.2 Å². The molecule has 1 aromatic rings. The molecule has 0 aliphatic heterocycles. The quantitative estimate of drug-likeness (QED) is 0.500. The first kappa shape index (κ1) is 15.7. The minimum atomic E-state index is -4.81. The topological polar surface area (TPSA) is 104 Å². The van der Waals surface area contributed by atoms with Gasteiger partial charge in [-0.2, -0.15) is 13.2 Å². The summed E-state index contributed by atoms with van der Waals surface area (Å²) in [6.07, 6.45) is -3.31. The Morgan fingerprint density at radius 2 is 2.15 bits per heavy atom. The first-order chi connectivity index (χ1) is 9.18. The summed E-state index contributed by atoms with van der Waals surface area (Å²) in [6, 6.07) is 0. The number of aromatic nitrogens is 2. The van der Waals surface area contributed by atoms with Crippen LogP contribution in [0.2, 0.25) is 0 Å². The van der Waals surface area contributed by atoms with Crippen LogP contribution in [-0.4, -0.2) is 20.8 Å². The highest BCUT2D eigenvalue weighted by molar-refractivity contribution is 5.52. The van der Waals surface area contributed by atoms with Gasteiger partial charge in [-0.1, -0.05) is 6.08 Å². The maximum Gasteiger partial charge on any atom is 0.475 e. The van der Waals surface area contributed by atoms with E-state index in [9.17, 15) is 28.1 Å². The molecule has 10 heteroatoms. The first-order valence-corrected chi connectivity index (χ1v) is 5.33. The summed E-state index contributed by atoms with van der Waals surface area (Å²) in [5.41, 5.74) is 5.28. The third-order valence-electron chi connectivity index (χ3n) is 2.47. The highest BCUT2D eigenvalue weighted by Crippen LogP contribution is 2.32. The lowest BCUT2D eigenvalue weighted by Crippen LogP contribution is -2.14. The van der Waals surface area contributed by atoms with Crippen molar-refractivity contribution in [3.05, 3.63) is 33.4 Å². The lowest BCUT2D eigenvalue weighted by Gasteiger charge is -2.05. The molecule has 0 amide bonds. The van der Waals surface area contributed by atoms with Gasteiger partial charge in [-0.3, -0.25) is 0 Å². The molecule has 1 rings (SSSR count). The fourth-order valence-corrected chi connectivity index (χ4v) is 1.58. The number of alkyl halides is 3. The van der Waals surface area contributed by atoms with E-state index >= 15 is 0 Å². The molecule has 0 aliphatic rings. The van der Waals surface area contributed by atoms with Crippen molar-refractivity contribution in [2.75, 3.05) is 0 Å². The lowest BCUT2D eigenvalue weighted by molar-refractivity contribution is -0.390. The van der Waals surface area contributed by atoms with E-state index in [0.29, 0.717) is 10.9 Å². The molecule has 7 nitrogen and oxygen atoms in total. The van der Waals surface area contributed by atoms with Crippen LogP contribution in [0.5, 0.6) is 0 Å². The molecule has 0 aromatic carbocycles. The summed E-state index contributed by atoms with van der Waals surface area (Å²) < 4.78 is 38.5. The number of allylic oxidation sites excluding steroid dienone is 2. The molecule has 0 aliphatic carbocycles. The molecule has 0 saturated heterocycles. The standard InChI is InChI=1S/C10H11F3N4O3/c1-16-7(5-6(14)3-2-4-18)8(17(19)20)15-9(16)10(11,12)13/h3-4H,2,5,14H2,1H3. The Morgan fingerprint density at radius 3 is 2.60 bits per heavy atom. The van der Waals surface area contributed by atoms with Crippen molar-refractivity contribution in [2.24, 2.45) is 12.8 Å². The molecule has 2 N–H and O–H groups in total. The van der Waals surface area contributed by atoms with Crippen LogP contribution in [0.15, 0.2) is 11.8 Å². The molecule has 0 spiro atoms. The number of aldehydes is 1. The number of halogens is 3. The molecule has 110 valence electrons. The maximum absolute atomic E-state index is 12.6. The van der Waals surface area contributed by atoms with Crippen molar-refractivity contribution in [3.8, 4) is 0 Å². The van der Waals surface area contributed by atoms with Crippen molar-refractivity contribution in [3.63, 3.8) is 0 Å². The van der Waals surface area contributed by atoms with Crippen LogP contribution >= 0.6 is 0 Å². The van der Waals surface area contributed by atoms with Gasteiger partial charge in [-0.05, 0) is 9.91 Å². The van der Waals surface area contributed by atoms with E-state index in [0.717, 1.165) is 7.05 Å². The van der Waals surface area contributed by atoms with Gasteiger partial charge in [-0.15, -0.1) is 0 Å². The number of imidazole rings is 1. The van der Waals surface area contributed by atoms with Crippen LogP contribution in [0.4, 0.5) is 19.0 Å². The summed E-state index contributed by atoms with van der Waals surface area (Å²) in [5, 5.41) is 10.8. The van der Waals surface area contributed by atoms with Crippen molar-refractivity contribution in [1.82, 2.24) is 9.55 Å². The highest BCUT2D eigenvalue weighted by Gasteiger charge is 2.44. The molecule has 0 atom stereocenters. The first-order valence-electron chi connectivity index (χ1n) is 5.33. The normalized spacial score (nSPS) is 12.5. The molecule has 0 bridgehead atoms. The summed E-state index contributed by atoms with van der Waals surface area (Å²) in [7, 11) is 1.02. The van der Waals surface area contributed by atoms with Gasteiger partial charge >= 0.3 is 17.8 Å². The average molecular weight is 292 g/mol. The fraction of sp³-hybridized carbons (Fsp3) is 0.400. The Balaban J connectivity index is 3.27. The van der Waals surface area contributed by atoms with Gasteiger partial charge in [0.2, 0.25) is 0 Å². The smallest absolute Gasteiger partial charge is 0.402 e. The predicted octanol–water partition coefficient (Wildman–Crippen LogP) is 1.32. The van der Waals surface area contributed by atoms with E-state index in [1.807, 2.05) is 0 Å². The molecule has 0 unspecified atom stereocenters. The monoisotopic (exact) mass is 292 g/mol. The molecular formula is C10H11F3N4O3. The second kappa shape index (κ2) is 5.72. The zero-order valence-corrected chi connectivity index (χ0v) is 10.3. The Bertz CT molecular complexity index is 563. The molecule has 0 radical (unpaired) electrons. The Kier molecular flexibility index (Phi) is 4.48. The summed E-state index contributed by atoms with van der Waals surface area (Å²) in [5.74, 6) is -2.27. The number of nitrogens with two attached hydrogens (primary N) is 1. The van der Waals surface area contributed by atoms with E-state index in [2.05, 4.69) is 4.98 Å². The predicted molar refractivity (Wildman–Crippen MR) is 61.5 cm³/mol. The Labute approximate surface area is 111 Å². The third kappa shape index (κ3) is 3.33. The van der Waals surface area contributed by atoms with E-state index in [4.69, 9.17) is 5.73 Å². The third-order valence-corrected chi connectivity index (χ3v) is 2.47. The Hall–Kier alpha value is -2.39. The number of carbonyl (C=O) groups excluding carboxylic acids is 1. The van der Waals surface area contributed by atoms with Crippen LogP contribution in [-0.2, 0) is 24.4 Å². The van der Waals surface area contributed by atoms with Crippen molar-refractivity contribution < 1.29 is 22.9 Å². The van der Waals surface area contributed by atoms with Crippen molar-refractivity contribution in [2.45, 2.75) is 19.0 Å². The van der Waals surface area contributed by atoms with E-state index in [1.165, 1.54) is 6.08 Å². The number of nitrogens with zero attached hydrogens (tertiary/aromatic N) is 3. The van der Waals surface area contributed by atoms with Gasteiger partial charge in [-0.25, -0.2) is 0 Å².